The van der Waals surface area contributed by atoms with Crippen molar-refractivity contribution >= 4 is 8.80 Å². The SMILES string of the molecule is C=C[Si](OC)(OC)OCC. The highest BCUT2D eigenvalue weighted by Gasteiger charge is 2.34. The van der Waals surface area contributed by atoms with Gasteiger partial charge in [0.25, 0.3) is 0 Å². The van der Waals surface area contributed by atoms with Crippen molar-refractivity contribution in [2.45, 2.75) is 6.92 Å². The van der Waals surface area contributed by atoms with E-state index in [9.17, 15) is 0 Å². The van der Waals surface area contributed by atoms with Crippen LogP contribution in [-0.2, 0) is 13.3 Å². The molecule has 3 nitrogen and oxygen atoms in total. The summed E-state index contributed by atoms with van der Waals surface area (Å²) in [6, 6.07) is 0. The van der Waals surface area contributed by atoms with Gasteiger partial charge in [-0.2, -0.15) is 0 Å². The largest absolute Gasteiger partial charge is 0.528 e. The maximum atomic E-state index is 5.25. The van der Waals surface area contributed by atoms with Gasteiger partial charge in [0.2, 0.25) is 0 Å². The fourth-order valence-corrected chi connectivity index (χ4v) is 1.88. The summed E-state index contributed by atoms with van der Waals surface area (Å²) in [7, 11) is 0.672. The van der Waals surface area contributed by atoms with E-state index in [4.69, 9.17) is 13.3 Å². The summed E-state index contributed by atoms with van der Waals surface area (Å²) in [6.07, 6.45) is 0. The molecule has 0 aliphatic rings. The topological polar surface area (TPSA) is 27.7 Å². The number of hydrogen-bond acceptors (Lipinski definition) is 3. The lowest BCUT2D eigenvalue weighted by Crippen LogP contribution is -2.41. The van der Waals surface area contributed by atoms with E-state index in [0.29, 0.717) is 6.61 Å². The van der Waals surface area contributed by atoms with Crippen molar-refractivity contribution < 1.29 is 13.3 Å². The minimum atomic E-state index is -2.45. The number of rotatable bonds is 5. The lowest BCUT2D eigenvalue weighted by molar-refractivity contribution is 0.118. The van der Waals surface area contributed by atoms with Gasteiger partial charge in [0.05, 0.1) is 0 Å². The van der Waals surface area contributed by atoms with Crippen molar-refractivity contribution in [3.8, 4) is 0 Å². The van der Waals surface area contributed by atoms with Gasteiger partial charge in [-0.15, -0.1) is 0 Å². The van der Waals surface area contributed by atoms with Gasteiger partial charge in [0.15, 0.2) is 0 Å². The van der Waals surface area contributed by atoms with Gasteiger partial charge in [-0.1, -0.05) is 6.58 Å². The Morgan fingerprint density at radius 2 is 1.90 bits per heavy atom. The van der Waals surface area contributed by atoms with Crippen molar-refractivity contribution in [3.05, 3.63) is 12.3 Å². The van der Waals surface area contributed by atoms with Crippen LogP contribution in [0.15, 0.2) is 12.3 Å². The van der Waals surface area contributed by atoms with Crippen molar-refractivity contribution in [1.29, 1.82) is 0 Å². The Hall–Kier alpha value is -0.163. The van der Waals surface area contributed by atoms with Crippen LogP contribution in [0.4, 0.5) is 0 Å². The first-order valence-corrected chi connectivity index (χ1v) is 4.92. The van der Waals surface area contributed by atoms with Gasteiger partial charge >= 0.3 is 8.80 Å². The molecule has 0 radical (unpaired) electrons. The quantitative estimate of drug-likeness (QED) is 0.564. The Morgan fingerprint density at radius 1 is 1.40 bits per heavy atom. The predicted octanol–water partition coefficient (Wildman–Crippen LogP) is 0.980. The zero-order valence-corrected chi connectivity index (χ0v) is 7.72. The van der Waals surface area contributed by atoms with Gasteiger partial charge in [0, 0.05) is 20.8 Å². The number of hydrogen-bond donors (Lipinski definition) is 0. The van der Waals surface area contributed by atoms with Crippen LogP contribution in [0.25, 0.3) is 0 Å². The van der Waals surface area contributed by atoms with E-state index >= 15 is 0 Å². The molecule has 0 aliphatic heterocycles. The second-order valence-electron chi connectivity index (χ2n) is 1.65. The molecule has 0 aromatic heterocycles. The molecule has 0 saturated heterocycles. The van der Waals surface area contributed by atoms with E-state index in [0.717, 1.165) is 0 Å². The third-order valence-electron chi connectivity index (χ3n) is 1.16. The molecule has 0 unspecified atom stereocenters. The molecular weight excluding hydrogens is 148 g/mol. The Morgan fingerprint density at radius 3 is 2.00 bits per heavy atom. The minimum Gasteiger partial charge on any atom is -0.374 e. The first-order valence-electron chi connectivity index (χ1n) is 3.12. The predicted molar refractivity (Wildman–Crippen MR) is 41.6 cm³/mol. The third-order valence-corrected chi connectivity index (χ3v) is 3.49. The normalized spacial score (nSPS) is 11.5. The Labute approximate surface area is 63.0 Å². The summed E-state index contributed by atoms with van der Waals surface area (Å²) in [5.41, 5.74) is 1.61. The molecule has 10 heavy (non-hydrogen) atoms. The van der Waals surface area contributed by atoms with Crippen LogP contribution in [0.5, 0.6) is 0 Å². The molecule has 0 rings (SSSR count). The van der Waals surface area contributed by atoms with E-state index < -0.39 is 8.80 Å². The molecule has 0 spiro atoms. The molecule has 0 aromatic carbocycles. The molecule has 0 bridgehead atoms. The Balaban J connectivity index is 4.00. The lowest BCUT2D eigenvalue weighted by Gasteiger charge is -2.21. The van der Waals surface area contributed by atoms with Crippen LogP contribution in [0.2, 0.25) is 0 Å². The van der Waals surface area contributed by atoms with Crippen LogP contribution in [-0.4, -0.2) is 29.6 Å². The highest BCUT2D eigenvalue weighted by atomic mass is 28.4. The molecule has 0 amide bonds. The second kappa shape index (κ2) is 4.62. The van der Waals surface area contributed by atoms with Gasteiger partial charge in [-0.05, 0) is 12.6 Å². The highest BCUT2D eigenvalue weighted by Crippen LogP contribution is 2.06. The average molecular weight is 162 g/mol. The van der Waals surface area contributed by atoms with Gasteiger partial charge in [-0.25, -0.2) is 0 Å². The van der Waals surface area contributed by atoms with Gasteiger partial charge in [0.1, 0.15) is 0 Å². The fourth-order valence-electron chi connectivity index (χ4n) is 0.628. The maximum absolute atomic E-state index is 5.25. The van der Waals surface area contributed by atoms with Gasteiger partial charge < -0.3 is 13.3 Å². The van der Waals surface area contributed by atoms with Crippen molar-refractivity contribution in [3.63, 3.8) is 0 Å². The van der Waals surface area contributed by atoms with E-state index in [1.807, 2.05) is 6.92 Å². The van der Waals surface area contributed by atoms with Crippen molar-refractivity contribution in [1.82, 2.24) is 0 Å². The van der Waals surface area contributed by atoms with Crippen LogP contribution < -0.4 is 0 Å². The Kier molecular flexibility index (Phi) is 4.55. The van der Waals surface area contributed by atoms with Crippen LogP contribution in [0, 0.1) is 0 Å². The summed E-state index contributed by atoms with van der Waals surface area (Å²) >= 11 is 0. The molecular formula is C6H14O3Si. The van der Waals surface area contributed by atoms with Crippen molar-refractivity contribution in [2.24, 2.45) is 0 Å². The molecule has 0 aliphatic carbocycles. The molecule has 0 N–H and O–H groups in total. The first-order chi connectivity index (χ1) is 4.74. The highest BCUT2D eigenvalue weighted by molar-refractivity contribution is 6.66. The molecule has 4 heteroatoms. The van der Waals surface area contributed by atoms with E-state index in [1.165, 1.54) is 0 Å². The van der Waals surface area contributed by atoms with Crippen molar-refractivity contribution in [2.75, 3.05) is 20.8 Å². The van der Waals surface area contributed by atoms with E-state index in [1.54, 1.807) is 19.9 Å². The zero-order valence-electron chi connectivity index (χ0n) is 6.72. The Bertz CT molecular complexity index is 101. The van der Waals surface area contributed by atoms with E-state index in [2.05, 4.69) is 6.58 Å². The summed E-state index contributed by atoms with van der Waals surface area (Å²) in [5, 5.41) is 0. The molecule has 0 heterocycles. The van der Waals surface area contributed by atoms with Crippen LogP contribution >= 0.6 is 0 Å². The molecule has 60 valence electrons. The molecule has 0 fully saturated rings. The summed E-state index contributed by atoms with van der Waals surface area (Å²) in [6.45, 7) is 6.06. The summed E-state index contributed by atoms with van der Waals surface area (Å²) < 4.78 is 15.4. The standard InChI is InChI=1S/C6H14O3Si/c1-5-9-10(6-2,7-3)8-4/h6H,2,5H2,1,3-4H3. The lowest BCUT2D eigenvalue weighted by atomic mass is 10.9. The summed E-state index contributed by atoms with van der Waals surface area (Å²) in [5.74, 6) is 0. The fraction of sp³-hybridized carbons (Fsp3) is 0.667. The minimum absolute atomic E-state index is 0.583. The average Bonchev–Trinajstić information content (AvgIpc) is 2.01. The van der Waals surface area contributed by atoms with Crippen LogP contribution in [0.3, 0.4) is 0 Å². The molecule has 0 aromatic rings. The first kappa shape index (κ1) is 9.84. The van der Waals surface area contributed by atoms with Crippen LogP contribution in [0.1, 0.15) is 6.92 Å². The molecule has 0 saturated carbocycles. The smallest absolute Gasteiger partial charge is 0.374 e. The summed E-state index contributed by atoms with van der Waals surface area (Å²) in [4.78, 5) is 0. The second-order valence-corrected chi connectivity index (χ2v) is 4.37. The monoisotopic (exact) mass is 162 g/mol. The van der Waals surface area contributed by atoms with Gasteiger partial charge in [-0.3, -0.25) is 0 Å². The molecule has 0 atom stereocenters. The van der Waals surface area contributed by atoms with E-state index in [-0.39, 0.29) is 0 Å². The zero-order chi connectivity index (χ0) is 8.04. The third kappa shape index (κ3) is 2.22. The maximum Gasteiger partial charge on any atom is 0.528 e.